The number of rotatable bonds is 13. The Kier molecular flexibility index (Phi) is 11.0. The number of hydrogen-bond donors (Lipinski definition) is 2. The fourth-order valence-corrected chi connectivity index (χ4v) is 11.1. The van der Waals surface area contributed by atoms with Crippen LogP contribution in [0.15, 0.2) is 152 Å². The Morgan fingerprint density at radius 2 is 1.35 bits per heavy atom. The number of pyridine rings is 1. The molecule has 10 heteroatoms. The third-order valence-electron chi connectivity index (χ3n) is 9.08. The van der Waals surface area contributed by atoms with Crippen molar-refractivity contribution < 1.29 is 29.0 Å². The third-order valence-corrected chi connectivity index (χ3v) is 13.3. The van der Waals surface area contributed by atoms with Gasteiger partial charge in [0, 0.05) is 42.5 Å². The molecule has 1 aliphatic rings. The quantitative estimate of drug-likeness (QED) is 0.0581. The molecule has 2 amide bonds. The normalized spacial score (nSPS) is 15.9. The van der Waals surface area contributed by atoms with Crippen LogP contribution >= 0.6 is 6.89 Å². The molecule has 5 aromatic rings. The maximum atomic E-state index is 14.6. The summed E-state index contributed by atoms with van der Waals surface area (Å²) in [5, 5.41) is 16.1. The number of nitrogens with zero attached hydrogens (tertiary/aromatic N) is 2. The summed E-state index contributed by atoms with van der Waals surface area (Å²) in [4.78, 5) is 60.9. The molecule has 0 saturated carbocycles. The SMILES string of the molecule is C=CCOC(=O)C(N1C(=O)[C@H]([C@@H](C)O)[C@H]1CC(=O)c1ccc(NC(=O)c2ccncc2)cc1)=P(c1ccccc1)(c1ccccc1)c1ccccc1. The molecular formula is C42H38N3O6P. The predicted octanol–water partition coefficient (Wildman–Crippen LogP) is 4.97. The number of aromatic nitrogens is 1. The van der Waals surface area contributed by atoms with Crippen LogP contribution < -0.4 is 21.2 Å². The molecule has 52 heavy (non-hydrogen) atoms. The van der Waals surface area contributed by atoms with Gasteiger partial charge in [0.1, 0.15) is 12.0 Å². The first-order valence-electron chi connectivity index (χ1n) is 16.8. The van der Waals surface area contributed by atoms with Crippen LogP contribution in [0.5, 0.6) is 0 Å². The maximum absolute atomic E-state index is 14.6. The summed E-state index contributed by atoms with van der Waals surface area (Å²) in [5.41, 5.74) is 1.39. The lowest BCUT2D eigenvalue weighted by molar-refractivity contribution is -0.157. The van der Waals surface area contributed by atoms with E-state index in [1.807, 2.05) is 91.0 Å². The lowest BCUT2D eigenvalue weighted by atomic mass is 9.79. The number of β-lactam (4-membered cyclic amide) rings is 1. The van der Waals surface area contributed by atoms with E-state index in [2.05, 4.69) is 16.9 Å². The molecule has 0 unspecified atom stereocenters. The molecule has 1 aliphatic heterocycles. The Morgan fingerprint density at radius 3 is 1.83 bits per heavy atom. The molecule has 262 valence electrons. The van der Waals surface area contributed by atoms with Gasteiger partial charge in [-0.05, 0) is 59.2 Å². The van der Waals surface area contributed by atoms with Gasteiger partial charge in [-0.15, -0.1) is 0 Å². The van der Waals surface area contributed by atoms with Gasteiger partial charge in [-0.25, -0.2) is 4.79 Å². The number of anilines is 1. The third kappa shape index (κ3) is 7.01. The lowest BCUT2D eigenvalue weighted by Gasteiger charge is -2.50. The van der Waals surface area contributed by atoms with Crippen LogP contribution in [0.2, 0.25) is 0 Å². The number of ether oxygens (including phenoxy) is 1. The van der Waals surface area contributed by atoms with Gasteiger partial charge >= 0.3 is 5.97 Å². The van der Waals surface area contributed by atoms with Crippen molar-refractivity contribution in [2.75, 3.05) is 11.9 Å². The van der Waals surface area contributed by atoms with Crippen LogP contribution in [0.4, 0.5) is 5.69 Å². The van der Waals surface area contributed by atoms with Crippen molar-refractivity contribution in [1.29, 1.82) is 0 Å². The summed E-state index contributed by atoms with van der Waals surface area (Å²) in [6, 6.07) is 37.5. The highest BCUT2D eigenvalue weighted by Crippen LogP contribution is 2.50. The van der Waals surface area contributed by atoms with Gasteiger partial charge in [0.05, 0.1) is 18.1 Å². The first kappa shape index (κ1) is 35.9. The fourth-order valence-electron chi connectivity index (χ4n) is 6.69. The zero-order valence-electron chi connectivity index (χ0n) is 28.5. The summed E-state index contributed by atoms with van der Waals surface area (Å²) in [6.07, 6.45) is 3.24. The number of aliphatic hydroxyl groups is 1. The van der Waals surface area contributed by atoms with Gasteiger partial charge < -0.3 is 20.1 Å². The van der Waals surface area contributed by atoms with E-state index in [9.17, 15) is 24.3 Å². The molecule has 3 atom stereocenters. The minimum absolute atomic E-state index is 0.101. The van der Waals surface area contributed by atoms with E-state index in [-0.39, 0.29) is 30.1 Å². The summed E-state index contributed by atoms with van der Waals surface area (Å²) in [7, 11) is 0. The molecular weight excluding hydrogens is 673 g/mol. The van der Waals surface area contributed by atoms with E-state index in [1.54, 1.807) is 36.4 Å². The number of carbonyl (C=O) groups excluding carboxylic acids is 4. The molecule has 1 saturated heterocycles. The van der Waals surface area contributed by atoms with Gasteiger partial charge in [0.2, 0.25) is 5.91 Å². The molecule has 0 aliphatic carbocycles. The molecule has 1 aromatic heterocycles. The zero-order valence-corrected chi connectivity index (χ0v) is 29.4. The maximum Gasteiger partial charge on any atom is 0.356 e. The number of amides is 2. The van der Waals surface area contributed by atoms with Crippen molar-refractivity contribution in [1.82, 2.24) is 9.88 Å². The average molecular weight is 712 g/mol. The number of nitrogens with one attached hydrogen (secondary N) is 1. The number of likely N-dealkylation sites (tertiary alicyclic amines) is 1. The van der Waals surface area contributed by atoms with Crippen LogP contribution in [-0.4, -0.2) is 62.7 Å². The molecule has 9 nitrogen and oxygen atoms in total. The number of ketones is 1. The predicted molar refractivity (Wildman–Crippen MR) is 205 cm³/mol. The number of hydrogen-bond acceptors (Lipinski definition) is 7. The van der Waals surface area contributed by atoms with E-state index in [0.29, 0.717) is 16.8 Å². The summed E-state index contributed by atoms with van der Waals surface area (Å²) in [6.45, 7) is 1.94. The second kappa shape index (κ2) is 16.0. The second-order valence-electron chi connectivity index (χ2n) is 12.3. The Labute approximate surface area is 302 Å². The van der Waals surface area contributed by atoms with Gasteiger partial charge in [0.15, 0.2) is 5.78 Å². The number of carbonyl (C=O) groups is 4. The Balaban J connectivity index is 1.48. The van der Waals surface area contributed by atoms with Gasteiger partial charge in [0.25, 0.3) is 5.91 Å². The van der Waals surface area contributed by atoms with Crippen LogP contribution in [0.25, 0.3) is 0 Å². The highest BCUT2D eigenvalue weighted by molar-refractivity contribution is 7.96. The van der Waals surface area contributed by atoms with Crippen molar-refractivity contribution in [3.8, 4) is 0 Å². The molecule has 4 aromatic carbocycles. The second-order valence-corrected chi connectivity index (χ2v) is 15.6. The minimum Gasteiger partial charge on any atom is -0.457 e. The lowest BCUT2D eigenvalue weighted by Crippen LogP contribution is -2.68. The Hall–Kier alpha value is -5.89. The molecule has 2 N–H and O–H groups in total. The fraction of sp³-hybridized carbons (Fsp3) is 0.143. The van der Waals surface area contributed by atoms with Crippen LogP contribution in [0, 0.1) is 5.92 Å². The van der Waals surface area contributed by atoms with Crippen molar-refractivity contribution in [3.63, 3.8) is 0 Å². The van der Waals surface area contributed by atoms with Crippen molar-refractivity contribution in [2.45, 2.75) is 25.5 Å². The van der Waals surface area contributed by atoms with Crippen LogP contribution in [0.1, 0.15) is 34.1 Å². The van der Waals surface area contributed by atoms with E-state index < -0.39 is 36.8 Å². The highest BCUT2D eigenvalue weighted by atomic mass is 31.2. The monoisotopic (exact) mass is 711 g/mol. The van der Waals surface area contributed by atoms with Gasteiger partial charge in [-0.2, -0.15) is 0 Å². The first-order chi connectivity index (χ1) is 25.3. The average Bonchev–Trinajstić information content (AvgIpc) is 3.18. The topological polar surface area (TPSA) is 126 Å². The summed E-state index contributed by atoms with van der Waals surface area (Å²) in [5.74, 6) is -2.76. The number of Topliss-reactive ketones (excluding diaryl/α,β-unsaturated/α-hetero) is 1. The highest BCUT2D eigenvalue weighted by Gasteiger charge is 2.55. The van der Waals surface area contributed by atoms with E-state index in [1.165, 1.54) is 30.3 Å². The zero-order chi connectivity index (χ0) is 36.7. The number of benzene rings is 4. The molecule has 0 spiro atoms. The molecule has 0 radical (unpaired) electrons. The number of esters is 1. The standard InChI is InChI=1S/C42H38N3O6P/c1-3-27-51-42(50)41(52(33-13-7-4-8-14-33,34-15-9-5-10-16-34)35-17-11-6-12-18-35)45-36(38(29(2)46)40(45)49)28-37(47)30-19-21-32(22-20-30)44-39(48)31-23-25-43-26-24-31/h3-26,29,36,38,46H,1,27-28H2,2H3,(H,44,48)/t29-,36-,38-/m1/s1. The van der Waals surface area contributed by atoms with Gasteiger partial charge in [-0.1, -0.05) is 104 Å². The van der Waals surface area contributed by atoms with E-state index >= 15 is 0 Å². The van der Waals surface area contributed by atoms with E-state index in [0.717, 1.165) is 15.9 Å². The van der Waals surface area contributed by atoms with Gasteiger partial charge in [-0.3, -0.25) is 19.4 Å². The molecule has 1 fully saturated rings. The molecule has 0 bridgehead atoms. The van der Waals surface area contributed by atoms with E-state index in [4.69, 9.17) is 4.74 Å². The minimum atomic E-state index is -3.20. The summed E-state index contributed by atoms with van der Waals surface area (Å²) >= 11 is 0. The first-order valence-corrected chi connectivity index (χ1v) is 18.6. The van der Waals surface area contributed by atoms with Crippen LogP contribution in [0.3, 0.4) is 0 Å². The Bertz CT molecular complexity index is 2020. The van der Waals surface area contributed by atoms with Crippen molar-refractivity contribution in [2.24, 2.45) is 5.92 Å². The largest absolute Gasteiger partial charge is 0.457 e. The van der Waals surface area contributed by atoms with Crippen LogP contribution in [-0.2, 0) is 14.3 Å². The molecule has 2 heterocycles. The molecule has 6 rings (SSSR count). The Morgan fingerprint density at radius 1 is 0.827 bits per heavy atom. The van der Waals surface area contributed by atoms with Crippen molar-refractivity contribution >= 4 is 57.5 Å². The van der Waals surface area contributed by atoms with Crippen molar-refractivity contribution in [3.05, 3.63) is 164 Å². The smallest absolute Gasteiger partial charge is 0.356 e. The summed E-state index contributed by atoms with van der Waals surface area (Å²) < 4.78 is 5.79. The number of aliphatic hydroxyl groups excluding tert-OH is 1.